The first-order valence-electron chi connectivity index (χ1n) is 6.81. The first-order valence-corrected chi connectivity index (χ1v) is 7.19. The van der Waals surface area contributed by atoms with Crippen LogP contribution in [0.2, 0.25) is 5.02 Å². The summed E-state index contributed by atoms with van der Waals surface area (Å²) < 4.78 is 5.14. The van der Waals surface area contributed by atoms with Crippen LogP contribution in [-0.4, -0.2) is 19.6 Å². The van der Waals surface area contributed by atoms with Gasteiger partial charge in [0.15, 0.2) is 0 Å². The smallest absolute Gasteiger partial charge is 0.224 e. The lowest BCUT2D eigenvalue weighted by Crippen LogP contribution is -2.27. The van der Waals surface area contributed by atoms with Crippen LogP contribution in [0.5, 0.6) is 5.75 Å². The van der Waals surface area contributed by atoms with E-state index in [1.807, 2.05) is 48.5 Å². The number of hydrogen-bond acceptors (Lipinski definition) is 2. The molecule has 0 aliphatic rings. The van der Waals surface area contributed by atoms with Crippen molar-refractivity contribution in [3.05, 3.63) is 64.7 Å². The van der Waals surface area contributed by atoms with Gasteiger partial charge in [0.25, 0.3) is 0 Å². The molecule has 3 nitrogen and oxygen atoms in total. The molecule has 0 aliphatic heterocycles. The van der Waals surface area contributed by atoms with Crippen molar-refractivity contribution >= 4 is 17.5 Å². The molecule has 0 bridgehead atoms. The summed E-state index contributed by atoms with van der Waals surface area (Å²) in [6.07, 6.45) is 1.15. The highest BCUT2D eigenvalue weighted by molar-refractivity contribution is 6.30. The van der Waals surface area contributed by atoms with Crippen LogP contribution in [0, 0.1) is 0 Å². The molecular formula is C17H18ClNO2. The van der Waals surface area contributed by atoms with Crippen LogP contribution in [0.25, 0.3) is 0 Å². The van der Waals surface area contributed by atoms with Gasteiger partial charge in [-0.1, -0.05) is 35.9 Å². The highest BCUT2D eigenvalue weighted by Crippen LogP contribution is 2.13. The van der Waals surface area contributed by atoms with Crippen LogP contribution in [0.1, 0.15) is 11.1 Å². The summed E-state index contributed by atoms with van der Waals surface area (Å²) >= 11 is 5.83. The van der Waals surface area contributed by atoms with Crippen molar-refractivity contribution in [2.75, 3.05) is 13.7 Å². The second kappa shape index (κ2) is 7.70. The molecular weight excluding hydrogens is 286 g/mol. The summed E-state index contributed by atoms with van der Waals surface area (Å²) in [6, 6.07) is 15.2. The molecule has 1 N–H and O–H groups in total. The van der Waals surface area contributed by atoms with Crippen molar-refractivity contribution in [2.24, 2.45) is 0 Å². The largest absolute Gasteiger partial charge is 0.497 e. The topological polar surface area (TPSA) is 38.3 Å². The third-order valence-corrected chi connectivity index (χ3v) is 3.40. The van der Waals surface area contributed by atoms with E-state index in [1.165, 1.54) is 0 Å². The minimum Gasteiger partial charge on any atom is -0.497 e. The van der Waals surface area contributed by atoms with Crippen molar-refractivity contribution in [1.29, 1.82) is 0 Å². The van der Waals surface area contributed by atoms with E-state index in [1.54, 1.807) is 7.11 Å². The quantitative estimate of drug-likeness (QED) is 0.889. The minimum absolute atomic E-state index is 0.0113. The molecule has 21 heavy (non-hydrogen) atoms. The molecule has 4 heteroatoms. The number of benzene rings is 2. The zero-order valence-corrected chi connectivity index (χ0v) is 12.7. The number of amides is 1. The van der Waals surface area contributed by atoms with Crippen molar-refractivity contribution in [3.8, 4) is 5.75 Å². The van der Waals surface area contributed by atoms with Crippen LogP contribution in [0.3, 0.4) is 0 Å². The highest BCUT2D eigenvalue weighted by Gasteiger charge is 2.04. The van der Waals surface area contributed by atoms with E-state index in [9.17, 15) is 4.79 Å². The van der Waals surface area contributed by atoms with Crippen molar-refractivity contribution in [3.63, 3.8) is 0 Å². The summed E-state index contributed by atoms with van der Waals surface area (Å²) in [6.45, 7) is 0.616. The van der Waals surface area contributed by atoms with Gasteiger partial charge >= 0.3 is 0 Å². The van der Waals surface area contributed by atoms with Crippen molar-refractivity contribution in [2.45, 2.75) is 12.8 Å². The standard InChI is InChI=1S/C17H18ClNO2/c1-21-16-4-2-3-14(11-16)12-17(20)19-10-9-13-5-7-15(18)8-6-13/h2-8,11H,9-10,12H2,1H3,(H,19,20). The van der Waals surface area contributed by atoms with Gasteiger partial charge in [-0.2, -0.15) is 0 Å². The van der Waals surface area contributed by atoms with Crippen LogP contribution in [-0.2, 0) is 17.6 Å². The van der Waals surface area contributed by atoms with E-state index in [4.69, 9.17) is 16.3 Å². The molecule has 110 valence electrons. The molecule has 0 saturated heterocycles. The van der Waals surface area contributed by atoms with Gasteiger partial charge in [0, 0.05) is 11.6 Å². The van der Waals surface area contributed by atoms with E-state index >= 15 is 0 Å². The molecule has 0 spiro atoms. The second-order valence-corrected chi connectivity index (χ2v) is 5.19. The number of carbonyl (C=O) groups is 1. The van der Waals surface area contributed by atoms with E-state index < -0.39 is 0 Å². The molecule has 0 saturated carbocycles. The molecule has 1 amide bonds. The molecule has 2 aromatic rings. The minimum atomic E-state index is 0.0113. The Morgan fingerprint density at radius 1 is 1.14 bits per heavy atom. The Kier molecular flexibility index (Phi) is 5.64. The van der Waals surface area contributed by atoms with Gasteiger partial charge < -0.3 is 10.1 Å². The predicted molar refractivity (Wildman–Crippen MR) is 84.9 cm³/mol. The van der Waals surface area contributed by atoms with Gasteiger partial charge in [-0.3, -0.25) is 4.79 Å². The zero-order valence-electron chi connectivity index (χ0n) is 11.9. The van der Waals surface area contributed by atoms with E-state index in [2.05, 4.69) is 5.32 Å². The Morgan fingerprint density at radius 3 is 2.62 bits per heavy atom. The number of rotatable bonds is 6. The molecule has 0 fully saturated rings. The fourth-order valence-electron chi connectivity index (χ4n) is 2.03. The lowest BCUT2D eigenvalue weighted by Gasteiger charge is -2.07. The molecule has 0 atom stereocenters. The number of carbonyl (C=O) groups excluding carboxylic acids is 1. The van der Waals surface area contributed by atoms with Crippen LogP contribution in [0.15, 0.2) is 48.5 Å². The van der Waals surface area contributed by atoms with Crippen LogP contribution >= 0.6 is 11.6 Å². The fourth-order valence-corrected chi connectivity index (χ4v) is 2.15. The van der Waals surface area contributed by atoms with Gasteiger partial charge in [0.05, 0.1) is 13.5 Å². The average molecular weight is 304 g/mol. The maximum absolute atomic E-state index is 11.9. The van der Waals surface area contributed by atoms with Gasteiger partial charge in [-0.05, 0) is 41.8 Å². The molecule has 0 aliphatic carbocycles. The number of hydrogen-bond donors (Lipinski definition) is 1. The molecule has 2 aromatic carbocycles. The third-order valence-electron chi connectivity index (χ3n) is 3.15. The number of nitrogens with one attached hydrogen (secondary N) is 1. The van der Waals surface area contributed by atoms with Gasteiger partial charge in [0.1, 0.15) is 5.75 Å². The van der Waals surface area contributed by atoms with E-state index in [-0.39, 0.29) is 5.91 Å². The Balaban J connectivity index is 1.78. The van der Waals surface area contributed by atoms with Gasteiger partial charge in [-0.25, -0.2) is 0 Å². The monoisotopic (exact) mass is 303 g/mol. The Hall–Kier alpha value is -2.00. The SMILES string of the molecule is COc1cccc(CC(=O)NCCc2ccc(Cl)cc2)c1. The zero-order chi connectivity index (χ0) is 15.1. The average Bonchev–Trinajstić information content (AvgIpc) is 2.49. The lowest BCUT2D eigenvalue weighted by atomic mass is 10.1. The summed E-state index contributed by atoms with van der Waals surface area (Å²) in [5, 5.41) is 3.64. The first kappa shape index (κ1) is 15.4. The first-order chi connectivity index (χ1) is 10.2. The molecule has 0 aromatic heterocycles. The molecule has 0 heterocycles. The van der Waals surface area contributed by atoms with Crippen molar-refractivity contribution < 1.29 is 9.53 Å². The third kappa shape index (κ3) is 5.12. The number of ether oxygens (including phenoxy) is 1. The number of halogens is 1. The van der Waals surface area contributed by atoms with Crippen LogP contribution < -0.4 is 10.1 Å². The fraction of sp³-hybridized carbons (Fsp3) is 0.235. The molecule has 0 radical (unpaired) electrons. The Labute approximate surface area is 129 Å². The molecule has 2 rings (SSSR count). The van der Waals surface area contributed by atoms with Crippen LogP contribution in [0.4, 0.5) is 0 Å². The summed E-state index contributed by atoms with van der Waals surface area (Å²) in [5.41, 5.74) is 2.10. The second-order valence-electron chi connectivity index (χ2n) is 4.75. The summed E-state index contributed by atoms with van der Waals surface area (Å²) in [4.78, 5) is 11.9. The highest BCUT2D eigenvalue weighted by atomic mass is 35.5. The Morgan fingerprint density at radius 2 is 1.90 bits per heavy atom. The normalized spacial score (nSPS) is 10.2. The van der Waals surface area contributed by atoms with Gasteiger partial charge in [0.2, 0.25) is 5.91 Å². The number of methoxy groups -OCH3 is 1. The van der Waals surface area contributed by atoms with E-state index in [0.717, 1.165) is 28.3 Å². The van der Waals surface area contributed by atoms with Crippen molar-refractivity contribution in [1.82, 2.24) is 5.32 Å². The molecule has 0 unspecified atom stereocenters. The maximum Gasteiger partial charge on any atom is 0.224 e. The van der Waals surface area contributed by atoms with E-state index in [0.29, 0.717) is 13.0 Å². The lowest BCUT2D eigenvalue weighted by molar-refractivity contribution is -0.120. The Bertz CT molecular complexity index is 596. The maximum atomic E-state index is 11.9. The summed E-state index contributed by atoms with van der Waals surface area (Å²) in [5.74, 6) is 0.777. The predicted octanol–water partition coefficient (Wildman–Crippen LogP) is 3.25. The van der Waals surface area contributed by atoms with Gasteiger partial charge in [-0.15, -0.1) is 0 Å². The summed E-state index contributed by atoms with van der Waals surface area (Å²) in [7, 11) is 1.62.